The van der Waals surface area contributed by atoms with E-state index in [9.17, 15) is 4.79 Å². The minimum atomic E-state index is -0.372. The van der Waals surface area contributed by atoms with Gasteiger partial charge in [-0.25, -0.2) is 14.7 Å². The quantitative estimate of drug-likeness (QED) is 0.615. The Balaban J connectivity index is 2.06. The van der Waals surface area contributed by atoms with Crippen LogP contribution in [-0.2, 0) is 16.6 Å². The molecule has 1 N–H and O–H groups in total. The highest BCUT2D eigenvalue weighted by Gasteiger charge is 2.06. The molecule has 0 spiro atoms. The van der Waals surface area contributed by atoms with Crippen molar-refractivity contribution in [1.29, 1.82) is 0 Å². The van der Waals surface area contributed by atoms with Crippen LogP contribution in [0.2, 0.25) is 0 Å². The summed E-state index contributed by atoms with van der Waals surface area (Å²) in [5.41, 5.74) is 4.07. The SMILES string of the molecule is CCOC(=O)CN=c1sc(=Nc2ccc(C)cc2)c(Nc2ccc(C)cc2)nn1C. The Morgan fingerprint density at radius 3 is 2.37 bits per heavy atom. The van der Waals surface area contributed by atoms with Gasteiger partial charge in [0.15, 0.2) is 10.5 Å². The number of nitrogens with one attached hydrogen (secondary N) is 1. The van der Waals surface area contributed by atoms with E-state index in [0.29, 0.717) is 21.9 Å². The molecule has 0 bridgehead atoms. The summed E-state index contributed by atoms with van der Waals surface area (Å²) >= 11 is 1.35. The smallest absolute Gasteiger partial charge is 0.327 e. The first-order chi connectivity index (χ1) is 14.4. The molecule has 0 amide bonds. The Morgan fingerprint density at radius 1 is 1.10 bits per heavy atom. The number of rotatable bonds is 6. The zero-order valence-electron chi connectivity index (χ0n) is 17.5. The molecule has 0 unspecified atom stereocenters. The molecule has 7 nitrogen and oxygen atoms in total. The van der Waals surface area contributed by atoms with Crippen LogP contribution in [0.1, 0.15) is 18.1 Å². The lowest BCUT2D eigenvalue weighted by Crippen LogP contribution is -2.26. The van der Waals surface area contributed by atoms with E-state index in [1.165, 1.54) is 22.5 Å². The molecular formula is C22H25N5O2S. The number of aryl methyl sites for hydroxylation is 3. The molecule has 156 valence electrons. The third-order valence-corrected chi connectivity index (χ3v) is 5.20. The van der Waals surface area contributed by atoms with Crippen LogP contribution in [0, 0.1) is 13.8 Å². The van der Waals surface area contributed by atoms with Gasteiger partial charge in [0.1, 0.15) is 6.54 Å². The molecule has 0 saturated carbocycles. The normalized spacial score (nSPS) is 12.1. The average molecular weight is 424 g/mol. The first kappa shape index (κ1) is 21.4. The minimum Gasteiger partial charge on any atom is -0.465 e. The Bertz CT molecular complexity index is 1150. The lowest BCUT2D eigenvalue weighted by atomic mass is 10.2. The number of aromatic nitrogens is 2. The van der Waals surface area contributed by atoms with Crippen LogP contribution in [0.25, 0.3) is 0 Å². The predicted octanol–water partition coefficient (Wildman–Crippen LogP) is 3.54. The highest BCUT2D eigenvalue weighted by molar-refractivity contribution is 7.06. The summed E-state index contributed by atoms with van der Waals surface area (Å²) in [6, 6.07) is 16.0. The van der Waals surface area contributed by atoms with Gasteiger partial charge in [-0.05, 0) is 45.0 Å². The van der Waals surface area contributed by atoms with Crippen LogP contribution in [0.4, 0.5) is 17.2 Å². The maximum atomic E-state index is 11.7. The molecule has 2 aromatic carbocycles. The number of hydrogen-bond donors (Lipinski definition) is 1. The molecule has 0 aliphatic carbocycles. The first-order valence-electron chi connectivity index (χ1n) is 9.64. The molecule has 0 radical (unpaired) electrons. The van der Waals surface area contributed by atoms with Gasteiger partial charge in [-0.1, -0.05) is 46.7 Å². The summed E-state index contributed by atoms with van der Waals surface area (Å²) in [4.78, 5) is 21.4. The molecule has 0 atom stereocenters. The molecule has 8 heteroatoms. The van der Waals surface area contributed by atoms with E-state index in [1.54, 1.807) is 18.7 Å². The Hall–Kier alpha value is -3.26. The van der Waals surface area contributed by atoms with Crippen LogP contribution < -0.4 is 14.8 Å². The zero-order chi connectivity index (χ0) is 21.5. The fraction of sp³-hybridized carbons (Fsp3) is 0.273. The number of nitrogens with zero attached hydrogens (tertiary/aromatic N) is 4. The number of anilines is 2. The fourth-order valence-corrected chi connectivity index (χ4v) is 3.39. The van der Waals surface area contributed by atoms with Crippen molar-refractivity contribution in [2.75, 3.05) is 18.5 Å². The summed E-state index contributed by atoms with van der Waals surface area (Å²) < 4.78 is 7.26. The van der Waals surface area contributed by atoms with Crippen LogP contribution in [0.15, 0.2) is 58.5 Å². The molecule has 0 fully saturated rings. The second-order valence-electron chi connectivity index (χ2n) is 6.72. The number of benzene rings is 2. The monoisotopic (exact) mass is 423 g/mol. The maximum absolute atomic E-state index is 11.7. The Labute approximate surface area is 179 Å². The van der Waals surface area contributed by atoms with Crippen LogP contribution in [-0.4, -0.2) is 28.9 Å². The van der Waals surface area contributed by atoms with Crippen LogP contribution in [0.3, 0.4) is 0 Å². The third-order valence-electron chi connectivity index (χ3n) is 4.15. The second-order valence-corrected chi connectivity index (χ2v) is 7.68. The van der Waals surface area contributed by atoms with E-state index in [2.05, 4.69) is 15.4 Å². The van der Waals surface area contributed by atoms with Crippen molar-refractivity contribution in [3.63, 3.8) is 0 Å². The summed E-state index contributed by atoms with van der Waals surface area (Å²) in [5, 5.41) is 7.94. The van der Waals surface area contributed by atoms with Crippen molar-refractivity contribution in [2.24, 2.45) is 17.0 Å². The van der Waals surface area contributed by atoms with Crippen LogP contribution >= 0.6 is 11.3 Å². The first-order valence-corrected chi connectivity index (χ1v) is 10.5. The molecule has 0 aliphatic heterocycles. The van der Waals surface area contributed by atoms with Gasteiger partial charge < -0.3 is 10.1 Å². The largest absolute Gasteiger partial charge is 0.465 e. The molecule has 0 aliphatic rings. The van der Waals surface area contributed by atoms with Gasteiger partial charge in [0.05, 0.1) is 12.3 Å². The fourth-order valence-electron chi connectivity index (χ4n) is 2.57. The highest BCUT2D eigenvalue weighted by Crippen LogP contribution is 2.15. The molecule has 0 saturated heterocycles. The predicted molar refractivity (Wildman–Crippen MR) is 119 cm³/mol. The van der Waals surface area contributed by atoms with Crippen molar-refractivity contribution in [3.05, 3.63) is 69.1 Å². The highest BCUT2D eigenvalue weighted by atomic mass is 32.1. The van der Waals surface area contributed by atoms with Gasteiger partial charge in [0.2, 0.25) is 4.80 Å². The third kappa shape index (κ3) is 5.87. The number of hydrogen-bond acceptors (Lipinski definition) is 7. The summed E-state index contributed by atoms with van der Waals surface area (Å²) in [6.45, 7) is 6.12. The molecule has 1 aromatic heterocycles. The van der Waals surface area contributed by atoms with E-state index in [0.717, 1.165) is 11.4 Å². The van der Waals surface area contributed by atoms with E-state index in [4.69, 9.17) is 9.73 Å². The Kier molecular flexibility index (Phi) is 7.13. The molecule has 3 aromatic rings. The second kappa shape index (κ2) is 9.98. The van der Waals surface area contributed by atoms with Crippen LogP contribution in [0.5, 0.6) is 0 Å². The van der Waals surface area contributed by atoms with Crippen molar-refractivity contribution in [1.82, 2.24) is 9.78 Å². The number of esters is 1. The lowest BCUT2D eigenvalue weighted by Gasteiger charge is -2.08. The van der Waals surface area contributed by atoms with Crippen molar-refractivity contribution in [2.45, 2.75) is 20.8 Å². The number of carbonyl (C=O) groups is 1. The molecular weight excluding hydrogens is 398 g/mol. The van der Waals surface area contributed by atoms with E-state index >= 15 is 0 Å². The molecule has 3 rings (SSSR count). The summed E-state index contributed by atoms with van der Waals surface area (Å²) in [5.74, 6) is 0.241. The van der Waals surface area contributed by atoms with Crippen molar-refractivity contribution in [3.8, 4) is 0 Å². The van der Waals surface area contributed by atoms with Crippen molar-refractivity contribution >= 4 is 34.5 Å². The molecule has 1 heterocycles. The minimum absolute atomic E-state index is 0.0609. The van der Waals surface area contributed by atoms with Gasteiger partial charge in [0, 0.05) is 12.7 Å². The van der Waals surface area contributed by atoms with E-state index in [-0.39, 0.29) is 12.5 Å². The standard InChI is InChI=1S/C22H25N5O2S/c1-5-29-19(28)14-23-22-27(4)26-20(24-17-10-6-15(2)7-11-17)21(30-22)25-18-12-8-16(3)9-13-18/h6-13H,5,14H2,1-4H3,(H,24,26). The molecule has 30 heavy (non-hydrogen) atoms. The average Bonchev–Trinajstić information content (AvgIpc) is 2.72. The number of carbonyl (C=O) groups excluding carboxylic acids is 1. The summed E-state index contributed by atoms with van der Waals surface area (Å²) in [6.07, 6.45) is 0. The topological polar surface area (TPSA) is 80.9 Å². The van der Waals surface area contributed by atoms with Gasteiger partial charge in [0.25, 0.3) is 0 Å². The summed E-state index contributed by atoms with van der Waals surface area (Å²) in [7, 11) is 1.79. The zero-order valence-corrected chi connectivity index (χ0v) is 18.4. The van der Waals surface area contributed by atoms with Gasteiger partial charge >= 0.3 is 5.97 Å². The van der Waals surface area contributed by atoms with Gasteiger partial charge in [-0.15, -0.1) is 5.10 Å². The van der Waals surface area contributed by atoms with Gasteiger partial charge in [-0.3, -0.25) is 4.79 Å². The van der Waals surface area contributed by atoms with E-state index in [1.807, 2.05) is 62.4 Å². The van der Waals surface area contributed by atoms with Gasteiger partial charge in [-0.2, -0.15) is 0 Å². The maximum Gasteiger partial charge on any atom is 0.327 e. The van der Waals surface area contributed by atoms with E-state index < -0.39 is 0 Å². The Morgan fingerprint density at radius 2 is 1.73 bits per heavy atom. The lowest BCUT2D eigenvalue weighted by molar-refractivity contribution is -0.141. The number of ether oxygens (including phenoxy) is 1. The van der Waals surface area contributed by atoms with Crippen molar-refractivity contribution < 1.29 is 9.53 Å².